The van der Waals surface area contributed by atoms with Crippen LogP contribution in [0.25, 0.3) is 0 Å². The highest BCUT2D eigenvalue weighted by Crippen LogP contribution is 2.07. The molecule has 0 N–H and O–H groups in total. The van der Waals surface area contributed by atoms with Crippen LogP contribution in [-0.4, -0.2) is 21.0 Å². The molecule has 1 radical (unpaired) electrons. The molecule has 53 valence electrons. The Kier molecular flexibility index (Phi) is 1.24. The number of aromatic nitrogens is 2. The van der Waals surface area contributed by atoms with Crippen molar-refractivity contribution in [3.05, 3.63) is 25.3 Å². The van der Waals surface area contributed by atoms with E-state index < -0.39 is 0 Å². The largest absolute Gasteiger partial charge is 0.333 e. The lowest BCUT2D eigenvalue weighted by Crippen LogP contribution is -2.28. The van der Waals surface area contributed by atoms with E-state index in [0.29, 0.717) is 0 Å². The lowest BCUT2D eigenvalue weighted by Gasteiger charge is -2.22. The summed E-state index contributed by atoms with van der Waals surface area (Å²) >= 11 is 0. The van der Waals surface area contributed by atoms with Gasteiger partial charge in [-0.3, -0.25) is 4.90 Å². The average molecular weight is 136 g/mol. The fourth-order valence-electron chi connectivity index (χ4n) is 1.22. The first-order valence-corrected chi connectivity index (χ1v) is 3.42. The van der Waals surface area contributed by atoms with Gasteiger partial charge in [0, 0.05) is 32.5 Å². The standard InChI is InChI=1S/C7H10N3/c1-9-4-5-10-3-2-8-7(10)6-9/h2-3H,1,4-6H2. The zero-order valence-electron chi connectivity index (χ0n) is 5.82. The Morgan fingerprint density at radius 3 is 3.30 bits per heavy atom. The summed E-state index contributed by atoms with van der Waals surface area (Å²) in [5.74, 6) is 1.13. The van der Waals surface area contributed by atoms with Gasteiger partial charge in [-0.1, -0.05) is 0 Å². The summed E-state index contributed by atoms with van der Waals surface area (Å²) in [6.45, 7) is 2.94. The van der Waals surface area contributed by atoms with E-state index in [4.69, 9.17) is 0 Å². The van der Waals surface area contributed by atoms with Gasteiger partial charge in [-0.25, -0.2) is 4.98 Å². The molecule has 0 spiro atoms. The number of rotatable bonds is 0. The molecule has 2 rings (SSSR count). The van der Waals surface area contributed by atoms with E-state index in [9.17, 15) is 0 Å². The van der Waals surface area contributed by atoms with E-state index in [0.717, 1.165) is 25.5 Å². The Balaban J connectivity index is 2.30. The predicted octanol–water partition coefficient (Wildman–Crippen LogP) is 0.490. The van der Waals surface area contributed by atoms with Crippen LogP contribution in [0.15, 0.2) is 12.4 Å². The van der Waals surface area contributed by atoms with Crippen molar-refractivity contribution in [3.63, 3.8) is 0 Å². The molecular formula is C7H10N3. The number of hydrogen-bond donors (Lipinski definition) is 0. The van der Waals surface area contributed by atoms with Crippen LogP contribution in [0.1, 0.15) is 5.82 Å². The Morgan fingerprint density at radius 2 is 2.40 bits per heavy atom. The second-order valence-corrected chi connectivity index (χ2v) is 2.59. The molecule has 1 aliphatic rings. The van der Waals surface area contributed by atoms with Crippen molar-refractivity contribution < 1.29 is 0 Å². The molecule has 1 aromatic heterocycles. The minimum Gasteiger partial charge on any atom is -0.333 e. The zero-order valence-corrected chi connectivity index (χ0v) is 5.82. The van der Waals surface area contributed by atoms with Crippen molar-refractivity contribution in [2.24, 2.45) is 0 Å². The third-order valence-corrected chi connectivity index (χ3v) is 1.82. The third kappa shape index (κ3) is 0.827. The van der Waals surface area contributed by atoms with E-state index >= 15 is 0 Å². The molecule has 2 heterocycles. The van der Waals surface area contributed by atoms with Gasteiger partial charge in [0.25, 0.3) is 0 Å². The molecule has 0 amide bonds. The van der Waals surface area contributed by atoms with Crippen molar-refractivity contribution >= 4 is 0 Å². The summed E-state index contributed by atoms with van der Waals surface area (Å²) in [6, 6.07) is 0. The van der Waals surface area contributed by atoms with E-state index in [1.54, 1.807) is 0 Å². The van der Waals surface area contributed by atoms with Crippen LogP contribution >= 0.6 is 0 Å². The van der Waals surface area contributed by atoms with Crippen LogP contribution < -0.4 is 0 Å². The first-order valence-electron chi connectivity index (χ1n) is 3.42. The first-order chi connectivity index (χ1) is 4.86. The molecule has 0 saturated heterocycles. The summed E-state index contributed by atoms with van der Waals surface area (Å²) in [5, 5.41) is 0. The van der Waals surface area contributed by atoms with Crippen molar-refractivity contribution in [3.8, 4) is 0 Å². The molecular weight excluding hydrogens is 126 g/mol. The molecule has 0 fully saturated rings. The van der Waals surface area contributed by atoms with Crippen LogP contribution in [0.4, 0.5) is 0 Å². The minimum absolute atomic E-state index is 0.882. The summed E-state index contributed by atoms with van der Waals surface area (Å²) in [6.07, 6.45) is 3.86. The Hall–Kier alpha value is -0.830. The Bertz CT molecular complexity index is 229. The number of nitrogens with zero attached hydrogens (tertiary/aromatic N) is 3. The van der Waals surface area contributed by atoms with Gasteiger partial charge >= 0.3 is 0 Å². The second-order valence-electron chi connectivity index (χ2n) is 2.59. The summed E-state index contributed by atoms with van der Waals surface area (Å²) < 4.78 is 2.17. The van der Waals surface area contributed by atoms with Gasteiger partial charge in [0.05, 0.1) is 6.54 Å². The lowest BCUT2D eigenvalue weighted by molar-refractivity contribution is 0.292. The topological polar surface area (TPSA) is 21.1 Å². The molecule has 3 nitrogen and oxygen atoms in total. The predicted molar refractivity (Wildman–Crippen MR) is 38.0 cm³/mol. The van der Waals surface area contributed by atoms with E-state index in [-0.39, 0.29) is 0 Å². The highest BCUT2D eigenvalue weighted by molar-refractivity contribution is 4.95. The maximum absolute atomic E-state index is 4.19. The van der Waals surface area contributed by atoms with Crippen molar-refractivity contribution in [2.75, 3.05) is 6.54 Å². The second kappa shape index (κ2) is 2.09. The normalized spacial score (nSPS) is 18.9. The highest BCUT2D eigenvalue weighted by atomic mass is 15.2. The quantitative estimate of drug-likeness (QED) is 0.517. The first kappa shape index (κ1) is 5.92. The molecule has 0 aromatic carbocycles. The van der Waals surface area contributed by atoms with Crippen LogP contribution in [0.2, 0.25) is 0 Å². The average Bonchev–Trinajstić information content (AvgIpc) is 2.33. The zero-order chi connectivity index (χ0) is 6.97. The summed E-state index contributed by atoms with van der Waals surface area (Å²) in [5.41, 5.74) is 0. The maximum Gasteiger partial charge on any atom is 0.122 e. The van der Waals surface area contributed by atoms with Crippen LogP contribution in [0.5, 0.6) is 0 Å². The number of hydrogen-bond acceptors (Lipinski definition) is 2. The Morgan fingerprint density at radius 1 is 1.50 bits per heavy atom. The maximum atomic E-state index is 4.19. The van der Waals surface area contributed by atoms with Gasteiger partial charge in [-0.15, -0.1) is 0 Å². The van der Waals surface area contributed by atoms with Gasteiger partial charge in [0.2, 0.25) is 0 Å². The molecule has 0 bridgehead atoms. The molecule has 0 unspecified atom stereocenters. The SMILES string of the molecule is [CH2]N1CCn2ccnc2C1. The highest BCUT2D eigenvalue weighted by Gasteiger charge is 2.11. The van der Waals surface area contributed by atoms with Gasteiger partial charge in [0.1, 0.15) is 5.82 Å². The van der Waals surface area contributed by atoms with Gasteiger partial charge in [0.15, 0.2) is 0 Å². The fraction of sp³-hybridized carbons (Fsp3) is 0.429. The Labute approximate surface area is 60.3 Å². The minimum atomic E-state index is 0.882. The molecule has 0 atom stereocenters. The van der Waals surface area contributed by atoms with Crippen molar-refractivity contribution in [1.82, 2.24) is 14.5 Å². The van der Waals surface area contributed by atoms with Gasteiger partial charge in [-0.05, 0) is 0 Å². The monoisotopic (exact) mass is 136 g/mol. The van der Waals surface area contributed by atoms with Crippen molar-refractivity contribution in [2.45, 2.75) is 13.1 Å². The van der Waals surface area contributed by atoms with Crippen LogP contribution in [0.3, 0.4) is 0 Å². The van der Waals surface area contributed by atoms with E-state index in [1.165, 1.54) is 0 Å². The van der Waals surface area contributed by atoms with Crippen LogP contribution in [-0.2, 0) is 13.1 Å². The van der Waals surface area contributed by atoms with E-state index in [1.807, 2.05) is 17.3 Å². The molecule has 0 saturated carbocycles. The molecule has 1 aromatic rings. The molecule has 0 aliphatic carbocycles. The van der Waals surface area contributed by atoms with Gasteiger partial charge in [-0.2, -0.15) is 0 Å². The molecule has 10 heavy (non-hydrogen) atoms. The smallest absolute Gasteiger partial charge is 0.122 e. The molecule has 1 aliphatic heterocycles. The molecule has 3 heteroatoms. The summed E-state index contributed by atoms with van der Waals surface area (Å²) in [4.78, 5) is 6.22. The van der Waals surface area contributed by atoms with E-state index in [2.05, 4.69) is 16.6 Å². The third-order valence-electron chi connectivity index (χ3n) is 1.82. The van der Waals surface area contributed by atoms with Crippen LogP contribution in [0, 0.1) is 7.05 Å². The summed E-state index contributed by atoms with van der Waals surface area (Å²) in [7, 11) is 3.86. The van der Waals surface area contributed by atoms with Gasteiger partial charge < -0.3 is 4.57 Å². The number of imidazole rings is 1. The van der Waals surface area contributed by atoms with Crippen molar-refractivity contribution in [1.29, 1.82) is 0 Å². The lowest BCUT2D eigenvalue weighted by atomic mass is 10.4. The number of fused-ring (bicyclic) bond motifs is 1. The fourth-order valence-corrected chi connectivity index (χ4v) is 1.22.